The molecule has 0 bridgehead atoms. The summed E-state index contributed by atoms with van der Waals surface area (Å²) in [6, 6.07) is 16.7. The fourth-order valence-electron chi connectivity index (χ4n) is 10.8. The molecule has 1 unspecified atom stereocenters. The lowest BCUT2D eigenvalue weighted by molar-refractivity contribution is -0.142. The Balaban J connectivity index is 1.48. The molecule has 7 amide bonds. The fraction of sp³-hybridized carbons (Fsp3) is 0.536. The lowest BCUT2D eigenvalue weighted by Gasteiger charge is -2.29. The van der Waals surface area contributed by atoms with Gasteiger partial charge in [0.1, 0.15) is 5.75 Å². The quantitative estimate of drug-likeness (QED) is 0.0250. The van der Waals surface area contributed by atoms with E-state index in [4.69, 9.17) is 26.7 Å². The van der Waals surface area contributed by atoms with Gasteiger partial charge in [-0.15, -0.1) is 0 Å². The highest BCUT2D eigenvalue weighted by Crippen LogP contribution is 2.33. The third kappa shape index (κ3) is 27.3. The topological polar surface area (TPSA) is 294 Å². The predicted octanol–water partition coefficient (Wildman–Crippen LogP) is 6.85. The minimum absolute atomic E-state index is 0.00279. The first-order chi connectivity index (χ1) is 44.5. The van der Waals surface area contributed by atoms with Crippen molar-refractivity contribution >= 4 is 58.9 Å². The number of halogens is 3. The van der Waals surface area contributed by atoms with E-state index in [9.17, 15) is 56.6 Å². The number of nitrogens with two attached hydrogens (primary N) is 3. The first-order valence-corrected chi connectivity index (χ1v) is 33.4. The minimum atomic E-state index is -4.62. The van der Waals surface area contributed by atoms with Gasteiger partial charge < -0.3 is 66.9 Å². The Morgan fingerprint density at radius 3 is 1.83 bits per heavy atom. The number of benzene rings is 3. The van der Waals surface area contributed by atoms with Crippen LogP contribution in [-0.2, 0) is 64.0 Å². The van der Waals surface area contributed by atoms with Gasteiger partial charge in [-0.1, -0.05) is 107 Å². The summed E-state index contributed by atoms with van der Waals surface area (Å²) in [7, 11) is 0. The first-order valence-electron chi connectivity index (χ1n) is 32.0. The van der Waals surface area contributed by atoms with Gasteiger partial charge in [-0.3, -0.25) is 38.4 Å². The third-order valence-electron chi connectivity index (χ3n) is 15.6. The van der Waals surface area contributed by atoms with E-state index in [1.165, 1.54) is 38.6 Å². The van der Waals surface area contributed by atoms with Gasteiger partial charge in [0.15, 0.2) is 17.3 Å². The number of ketones is 1. The van der Waals surface area contributed by atoms with E-state index in [1.807, 2.05) is 62.9 Å². The molecule has 4 atom stereocenters. The average molecular weight is 1330 g/mol. The van der Waals surface area contributed by atoms with Crippen LogP contribution in [0.4, 0.5) is 13.2 Å². The number of phenols is 1. The molecule has 0 spiro atoms. The molecule has 1 aliphatic heterocycles. The second-order valence-corrected chi connectivity index (χ2v) is 25.4. The number of nitrogens with one attached hydrogen (secondary N) is 2. The molecular weight excluding hydrogens is 1230 g/mol. The number of alkyl halides is 3. The molecule has 0 radical (unpaired) electrons. The number of hydrogen-bond acceptors (Lipinski definition) is 15. The van der Waals surface area contributed by atoms with E-state index in [0.29, 0.717) is 55.2 Å². The molecule has 21 nitrogen and oxygen atoms in total. The van der Waals surface area contributed by atoms with Gasteiger partial charge in [-0.25, -0.2) is 0 Å². The molecule has 3 aromatic carbocycles. The van der Waals surface area contributed by atoms with Crippen LogP contribution in [0.5, 0.6) is 17.2 Å². The number of carbonyl (C=O) groups excluding carboxylic acids is 8. The summed E-state index contributed by atoms with van der Waals surface area (Å²) in [5.41, 5.74) is 20.9. The smallest absolute Gasteiger partial charge is 0.416 e. The van der Waals surface area contributed by atoms with Crippen LogP contribution in [0, 0.1) is 29.6 Å². The van der Waals surface area contributed by atoms with Crippen LogP contribution >= 0.6 is 11.8 Å². The number of primary amides is 1. The Hall–Kier alpha value is -7.74. The highest BCUT2D eigenvalue weighted by Gasteiger charge is 2.32. The number of amides is 7. The second-order valence-electron chi connectivity index (χ2n) is 24.5. The zero-order valence-electron chi connectivity index (χ0n) is 56.1. The van der Waals surface area contributed by atoms with E-state index in [-0.39, 0.29) is 108 Å². The highest BCUT2D eigenvalue weighted by molar-refractivity contribution is 7.98. The van der Waals surface area contributed by atoms with Gasteiger partial charge in [0.2, 0.25) is 48.1 Å². The SMILES string of the molecule is CC/C(=C\[C@H](C)C(=O)N(C/C(C)=C/[C@@H](C)C(=O)N(CCc1ccc(O)cc1)C/C(C)=C/[C@@H](C)C(=O)N(CC(=O)NCCCC(=O)N(CCN)CC(=O)N(CCN)CC(=O)CC(CSC)C(N)=O)Cc1ccc(C(F)(F)F)cc1)CC(C)C)CNCc1ccc2c(c1)OCO2. The lowest BCUT2D eigenvalue weighted by Crippen LogP contribution is -2.47. The summed E-state index contributed by atoms with van der Waals surface area (Å²) in [4.78, 5) is 116. The maximum absolute atomic E-state index is 14.7. The molecule has 518 valence electrons. The molecule has 0 aliphatic carbocycles. The van der Waals surface area contributed by atoms with Crippen LogP contribution in [-0.4, -0.2) is 181 Å². The lowest BCUT2D eigenvalue weighted by atomic mass is 10.0. The largest absolute Gasteiger partial charge is 0.508 e. The molecule has 4 rings (SSSR count). The van der Waals surface area contributed by atoms with Crippen molar-refractivity contribution in [3.05, 3.63) is 124 Å². The van der Waals surface area contributed by atoms with E-state index in [2.05, 4.69) is 17.6 Å². The van der Waals surface area contributed by atoms with Crippen molar-refractivity contribution in [1.29, 1.82) is 0 Å². The predicted molar refractivity (Wildman–Crippen MR) is 359 cm³/mol. The van der Waals surface area contributed by atoms with Crippen LogP contribution in [0.25, 0.3) is 0 Å². The monoisotopic (exact) mass is 1330 g/mol. The maximum Gasteiger partial charge on any atom is 0.416 e. The van der Waals surface area contributed by atoms with Crippen molar-refractivity contribution in [2.75, 3.05) is 104 Å². The summed E-state index contributed by atoms with van der Waals surface area (Å²) < 4.78 is 51.8. The summed E-state index contributed by atoms with van der Waals surface area (Å²) in [5.74, 6) is -4.15. The van der Waals surface area contributed by atoms with E-state index in [0.717, 1.165) is 46.6 Å². The van der Waals surface area contributed by atoms with Gasteiger partial charge in [-0.2, -0.15) is 24.9 Å². The van der Waals surface area contributed by atoms with Gasteiger partial charge in [0.25, 0.3) is 0 Å². The summed E-state index contributed by atoms with van der Waals surface area (Å²) >= 11 is 1.35. The van der Waals surface area contributed by atoms with Gasteiger partial charge in [0, 0.05) is 97.1 Å². The van der Waals surface area contributed by atoms with Crippen LogP contribution in [0.1, 0.15) is 103 Å². The Bertz CT molecular complexity index is 3090. The van der Waals surface area contributed by atoms with E-state index >= 15 is 0 Å². The molecular formula is C69H99F3N10O11S. The van der Waals surface area contributed by atoms with Crippen molar-refractivity contribution in [3.8, 4) is 17.2 Å². The summed E-state index contributed by atoms with van der Waals surface area (Å²) in [6.45, 7) is 16.2. The first kappa shape index (κ1) is 78.7. The number of rotatable bonds is 41. The number of thioether (sulfide) groups is 1. The van der Waals surface area contributed by atoms with Crippen LogP contribution in [0.2, 0.25) is 0 Å². The van der Waals surface area contributed by atoms with Crippen molar-refractivity contribution in [2.45, 2.75) is 107 Å². The maximum atomic E-state index is 14.7. The van der Waals surface area contributed by atoms with Crippen LogP contribution in [0.15, 0.2) is 102 Å². The molecule has 0 aromatic heterocycles. The Kier molecular flexibility index (Phi) is 33.4. The normalized spacial score (nSPS) is 13.8. The second kappa shape index (κ2) is 39.8. The molecule has 25 heteroatoms. The number of ether oxygens (including phenoxy) is 2. The number of phenolic OH excluding ortho intramolecular Hbond substituents is 1. The van der Waals surface area contributed by atoms with Gasteiger partial charge in [-0.05, 0) is 98.4 Å². The Labute approximate surface area is 556 Å². The standard InChI is InChI=1S/C69H99F3N10O11S/c1-10-52(35-76-36-55-17-22-60-61(33-55)93-45-92-60)32-51(8)68(91)81(37-46(2)3)39-48(5)31-49(6)66(89)80(27-23-53-15-20-58(83)21-16-53)38-47(4)30-50(7)67(90)82(40-54-13-18-57(19-14-54)69(70,71)72)42-62(85)77-26-11-12-63(86)79(29-25-74)43-64(87)78(28-24-73)41-59(84)34-56(44-94-9)65(75)88/h13-22,30-33,46,49-51,56,76,83H,10-12,23-29,34-45,73-74H2,1-9H3,(H2,75,88)(H,77,85)/b47-30+,48-31+,52-32+/t49-,50-,51+,56?/m1/s1. The molecule has 3 aromatic rings. The van der Waals surface area contributed by atoms with Gasteiger partial charge in [0.05, 0.1) is 48.9 Å². The van der Waals surface area contributed by atoms with Crippen LogP contribution < -0.4 is 37.3 Å². The molecule has 0 saturated heterocycles. The van der Waals surface area contributed by atoms with E-state index in [1.54, 1.807) is 62.3 Å². The van der Waals surface area contributed by atoms with Crippen molar-refractivity contribution in [2.24, 2.45) is 46.8 Å². The zero-order chi connectivity index (χ0) is 69.7. The summed E-state index contributed by atoms with van der Waals surface area (Å²) in [6.07, 6.45) is 3.71. The number of carbonyl (C=O) groups is 8. The number of nitrogens with zero attached hydrogens (tertiary/aromatic N) is 5. The average Bonchev–Trinajstić information content (AvgIpc) is 1.12. The van der Waals surface area contributed by atoms with Gasteiger partial charge >= 0.3 is 6.18 Å². The minimum Gasteiger partial charge on any atom is -0.508 e. The molecule has 9 N–H and O–H groups in total. The van der Waals surface area contributed by atoms with Crippen molar-refractivity contribution in [1.82, 2.24) is 35.1 Å². The highest BCUT2D eigenvalue weighted by atomic mass is 32.2. The number of fused-ring (bicyclic) bond motifs is 1. The number of Topliss-reactive ketones (excluding diaryl/α,β-unsaturated/α-hetero) is 1. The molecule has 0 saturated carbocycles. The number of aromatic hydroxyl groups is 1. The Morgan fingerprint density at radius 2 is 1.24 bits per heavy atom. The Morgan fingerprint density at radius 1 is 0.681 bits per heavy atom. The molecule has 1 heterocycles. The molecule has 94 heavy (non-hydrogen) atoms. The van der Waals surface area contributed by atoms with Crippen LogP contribution in [0.3, 0.4) is 0 Å². The molecule has 0 fully saturated rings. The zero-order valence-corrected chi connectivity index (χ0v) is 56.9. The molecule has 1 aliphatic rings. The van der Waals surface area contributed by atoms with Crippen molar-refractivity contribution < 1.29 is 66.1 Å². The van der Waals surface area contributed by atoms with Crippen molar-refractivity contribution in [3.63, 3.8) is 0 Å². The third-order valence-corrected chi connectivity index (χ3v) is 16.4. The number of hydrogen-bond donors (Lipinski definition) is 6. The van der Waals surface area contributed by atoms with E-state index < -0.39 is 83.8 Å². The fourth-order valence-corrected chi connectivity index (χ4v) is 11.5. The summed E-state index contributed by atoms with van der Waals surface area (Å²) in [5, 5.41) is 16.2.